The summed E-state index contributed by atoms with van der Waals surface area (Å²) < 4.78 is 5.92. The lowest BCUT2D eigenvalue weighted by Crippen LogP contribution is -2.15. The van der Waals surface area contributed by atoms with E-state index >= 15 is 0 Å². The standard InChI is InChI=1S/C10H6BrNO2/c11-9-6(5-12)1-2-7-8(13)3-4-14-10(7)9/h1-2H,3-4H2. The van der Waals surface area contributed by atoms with Crippen molar-refractivity contribution in [2.24, 2.45) is 0 Å². The molecule has 2 rings (SSSR count). The van der Waals surface area contributed by atoms with Crippen LogP contribution in [0.2, 0.25) is 0 Å². The minimum atomic E-state index is 0.0661. The Balaban J connectivity index is 2.64. The Labute approximate surface area is 89.4 Å². The number of carbonyl (C=O) groups is 1. The number of nitrogens with zero attached hydrogens (tertiary/aromatic N) is 1. The molecule has 0 aliphatic carbocycles. The minimum Gasteiger partial charge on any atom is -0.491 e. The molecule has 0 spiro atoms. The maximum Gasteiger partial charge on any atom is 0.170 e. The Morgan fingerprint density at radius 2 is 2.29 bits per heavy atom. The number of rotatable bonds is 0. The zero-order valence-electron chi connectivity index (χ0n) is 7.21. The summed E-state index contributed by atoms with van der Waals surface area (Å²) in [5.41, 5.74) is 1.04. The molecular formula is C10H6BrNO2. The fraction of sp³-hybridized carbons (Fsp3) is 0.200. The van der Waals surface area contributed by atoms with Gasteiger partial charge in [0.05, 0.1) is 22.2 Å². The van der Waals surface area contributed by atoms with Crippen LogP contribution in [-0.4, -0.2) is 12.4 Å². The summed E-state index contributed by atoms with van der Waals surface area (Å²) in [6.45, 7) is 0.388. The number of carbonyl (C=O) groups excluding carboxylic acids is 1. The lowest BCUT2D eigenvalue weighted by Gasteiger charge is -2.17. The van der Waals surface area contributed by atoms with E-state index in [2.05, 4.69) is 15.9 Å². The second-order valence-corrected chi connectivity index (χ2v) is 3.73. The predicted octanol–water partition coefficient (Wildman–Crippen LogP) is 2.29. The number of fused-ring (bicyclic) bond motifs is 1. The third-order valence-electron chi connectivity index (χ3n) is 2.09. The van der Waals surface area contributed by atoms with E-state index in [1.54, 1.807) is 12.1 Å². The molecule has 14 heavy (non-hydrogen) atoms. The van der Waals surface area contributed by atoms with Crippen molar-refractivity contribution in [2.75, 3.05) is 6.61 Å². The summed E-state index contributed by atoms with van der Waals surface area (Å²) in [5, 5.41) is 8.77. The van der Waals surface area contributed by atoms with Crippen LogP contribution < -0.4 is 4.74 Å². The van der Waals surface area contributed by atoms with E-state index in [4.69, 9.17) is 10.00 Å². The molecule has 0 bridgehead atoms. The summed E-state index contributed by atoms with van der Waals surface area (Å²) in [6, 6.07) is 5.28. The van der Waals surface area contributed by atoms with Crippen LogP contribution >= 0.6 is 15.9 Å². The van der Waals surface area contributed by atoms with Crippen molar-refractivity contribution in [1.29, 1.82) is 5.26 Å². The van der Waals surface area contributed by atoms with E-state index in [-0.39, 0.29) is 5.78 Å². The van der Waals surface area contributed by atoms with Gasteiger partial charge >= 0.3 is 0 Å². The molecule has 3 nitrogen and oxygen atoms in total. The molecule has 0 saturated heterocycles. The van der Waals surface area contributed by atoms with Gasteiger partial charge in [-0.1, -0.05) is 0 Å². The molecule has 0 fully saturated rings. The molecule has 1 aromatic rings. The number of Topliss-reactive ketones (excluding diaryl/α,β-unsaturated/α-hetero) is 1. The van der Waals surface area contributed by atoms with Crippen molar-refractivity contribution in [3.8, 4) is 11.8 Å². The number of ketones is 1. The van der Waals surface area contributed by atoms with Crippen LogP contribution in [0.25, 0.3) is 0 Å². The third kappa shape index (κ3) is 1.30. The highest BCUT2D eigenvalue weighted by molar-refractivity contribution is 9.10. The Morgan fingerprint density at radius 3 is 3.00 bits per heavy atom. The van der Waals surface area contributed by atoms with Crippen LogP contribution in [0.15, 0.2) is 16.6 Å². The average Bonchev–Trinajstić information content (AvgIpc) is 2.20. The van der Waals surface area contributed by atoms with Crippen molar-refractivity contribution >= 4 is 21.7 Å². The number of hydrogen-bond donors (Lipinski definition) is 0. The van der Waals surface area contributed by atoms with Gasteiger partial charge in [-0.25, -0.2) is 0 Å². The van der Waals surface area contributed by atoms with Crippen LogP contribution in [0.5, 0.6) is 5.75 Å². The minimum absolute atomic E-state index is 0.0661. The SMILES string of the molecule is N#Cc1ccc2c(c1Br)OCCC2=O. The molecule has 70 valence electrons. The highest BCUT2D eigenvalue weighted by Gasteiger charge is 2.22. The number of nitriles is 1. The molecule has 0 aromatic heterocycles. The monoisotopic (exact) mass is 251 g/mol. The van der Waals surface area contributed by atoms with Crippen LogP contribution in [0.4, 0.5) is 0 Å². The van der Waals surface area contributed by atoms with Gasteiger partial charge in [0.15, 0.2) is 5.78 Å². The van der Waals surface area contributed by atoms with E-state index in [0.717, 1.165) is 0 Å². The summed E-state index contributed by atoms with van der Waals surface area (Å²) >= 11 is 3.25. The number of halogens is 1. The van der Waals surface area contributed by atoms with Crippen molar-refractivity contribution in [1.82, 2.24) is 0 Å². The van der Waals surface area contributed by atoms with Gasteiger partial charge in [0.1, 0.15) is 11.8 Å². The van der Waals surface area contributed by atoms with Crippen LogP contribution in [0, 0.1) is 11.3 Å². The van der Waals surface area contributed by atoms with E-state index < -0.39 is 0 Å². The predicted molar refractivity (Wildman–Crippen MR) is 53.3 cm³/mol. The Morgan fingerprint density at radius 1 is 1.50 bits per heavy atom. The second kappa shape index (κ2) is 3.43. The molecule has 0 N–H and O–H groups in total. The summed E-state index contributed by atoms with van der Waals surface area (Å²) in [7, 11) is 0. The molecule has 0 atom stereocenters. The molecule has 0 unspecified atom stereocenters. The lowest BCUT2D eigenvalue weighted by atomic mass is 10.0. The maximum absolute atomic E-state index is 11.5. The van der Waals surface area contributed by atoms with Gasteiger partial charge in [-0.2, -0.15) is 5.26 Å². The number of benzene rings is 1. The third-order valence-corrected chi connectivity index (χ3v) is 2.88. The molecule has 1 aromatic carbocycles. The number of hydrogen-bond acceptors (Lipinski definition) is 3. The molecule has 0 saturated carbocycles. The smallest absolute Gasteiger partial charge is 0.170 e. The zero-order valence-corrected chi connectivity index (χ0v) is 8.80. The maximum atomic E-state index is 11.5. The normalized spacial score (nSPS) is 14.1. The van der Waals surface area contributed by atoms with E-state index in [1.807, 2.05) is 6.07 Å². The molecule has 0 radical (unpaired) electrons. The lowest BCUT2D eigenvalue weighted by molar-refractivity contribution is 0.0933. The van der Waals surface area contributed by atoms with Crippen molar-refractivity contribution < 1.29 is 9.53 Å². The van der Waals surface area contributed by atoms with Gasteiger partial charge in [-0.3, -0.25) is 4.79 Å². The van der Waals surface area contributed by atoms with Crippen LogP contribution in [0.1, 0.15) is 22.3 Å². The molecule has 0 amide bonds. The van der Waals surface area contributed by atoms with Gasteiger partial charge in [0.2, 0.25) is 0 Å². The van der Waals surface area contributed by atoms with Gasteiger partial charge in [0, 0.05) is 6.42 Å². The van der Waals surface area contributed by atoms with Gasteiger partial charge in [-0.15, -0.1) is 0 Å². The number of ether oxygens (including phenoxy) is 1. The fourth-order valence-electron chi connectivity index (χ4n) is 1.38. The molecular weight excluding hydrogens is 246 g/mol. The second-order valence-electron chi connectivity index (χ2n) is 2.94. The summed E-state index contributed by atoms with van der Waals surface area (Å²) in [5.74, 6) is 0.566. The highest BCUT2D eigenvalue weighted by Crippen LogP contribution is 2.35. The average molecular weight is 252 g/mol. The van der Waals surface area contributed by atoms with E-state index in [0.29, 0.717) is 34.4 Å². The van der Waals surface area contributed by atoms with E-state index in [9.17, 15) is 4.79 Å². The zero-order chi connectivity index (χ0) is 10.1. The highest BCUT2D eigenvalue weighted by atomic mass is 79.9. The first-order chi connectivity index (χ1) is 6.74. The van der Waals surface area contributed by atoms with Gasteiger partial charge in [0.25, 0.3) is 0 Å². The fourth-order valence-corrected chi connectivity index (χ4v) is 1.93. The van der Waals surface area contributed by atoms with Crippen molar-refractivity contribution in [2.45, 2.75) is 6.42 Å². The van der Waals surface area contributed by atoms with Crippen molar-refractivity contribution in [3.63, 3.8) is 0 Å². The molecule has 1 heterocycles. The summed E-state index contributed by atoms with van der Waals surface area (Å²) in [6.07, 6.45) is 0.408. The molecule has 1 aliphatic rings. The Hall–Kier alpha value is -1.34. The van der Waals surface area contributed by atoms with Gasteiger partial charge in [-0.05, 0) is 28.1 Å². The van der Waals surface area contributed by atoms with Crippen LogP contribution in [0.3, 0.4) is 0 Å². The Bertz CT molecular complexity index is 448. The first kappa shape index (κ1) is 9.22. The first-order valence-corrected chi connectivity index (χ1v) is 4.92. The summed E-state index contributed by atoms with van der Waals surface area (Å²) in [4.78, 5) is 11.5. The quantitative estimate of drug-likeness (QED) is 0.711. The van der Waals surface area contributed by atoms with Gasteiger partial charge < -0.3 is 4.74 Å². The van der Waals surface area contributed by atoms with Crippen molar-refractivity contribution in [3.05, 3.63) is 27.7 Å². The topological polar surface area (TPSA) is 50.1 Å². The largest absolute Gasteiger partial charge is 0.491 e. The first-order valence-electron chi connectivity index (χ1n) is 4.12. The molecule has 1 aliphatic heterocycles. The Kier molecular flexibility index (Phi) is 2.26. The van der Waals surface area contributed by atoms with Crippen LogP contribution in [-0.2, 0) is 0 Å². The molecule has 4 heteroatoms. The van der Waals surface area contributed by atoms with E-state index in [1.165, 1.54) is 0 Å².